The molecule has 3 heteroatoms. The van der Waals surface area contributed by atoms with Crippen LogP contribution >= 0.6 is 0 Å². The minimum Gasteiger partial charge on any atom is -0.394 e. The maximum atomic E-state index is 10.5. The Labute approximate surface area is 140 Å². The molecule has 3 aliphatic carbocycles. The third-order valence-electron chi connectivity index (χ3n) is 7.96. The summed E-state index contributed by atoms with van der Waals surface area (Å²) in [5.41, 5.74) is 1.54. The maximum absolute atomic E-state index is 10.5. The first-order valence-corrected chi connectivity index (χ1v) is 9.31. The second-order valence-electron chi connectivity index (χ2n) is 9.57. The minimum absolute atomic E-state index is 0.0274. The molecule has 3 nitrogen and oxygen atoms in total. The third kappa shape index (κ3) is 2.51. The molecule has 0 amide bonds. The van der Waals surface area contributed by atoms with Crippen LogP contribution in [0.3, 0.4) is 0 Å². The van der Waals surface area contributed by atoms with Crippen molar-refractivity contribution in [2.24, 2.45) is 28.1 Å². The molecular weight excluding hydrogens is 288 g/mol. The molecule has 0 heterocycles. The molecule has 0 aromatic heterocycles. The van der Waals surface area contributed by atoms with E-state index in [1.54, 1.807) is 0 Å². The van der Waals surface area contributed by atoms with Crippen LogP contribution in [0.2, 0.25) is 0 Å². The highest BCUT2D eigenvalue weighted by Crippen LogP contribution is 2.63. The van der Waals surface area contributed by atoms with Crippen LogP contribution in [-0.4, -0.2) is 34.1 Å². The van der Waals surface area contributed by atoms with Crippen LogP contribution in [0.25, 0.3) is 0 Å². The predicted octanol–water partition coefficient (Wildman–Crippen LogP) is 3.28. The third-order valence-corrected chi connectivity index (χ3v) is 7.96. The van der Waals surface area contributed by atoms with Crippen molar-refractivity contribution >= 4 is 0 Å². The van der Waals surface area contributed by atoms with Crippen molar-refractivity contribution in [1.82, 2.24) is 0 Å². The van der Waals surface area contributed by atoms with Gasteiger partial charge in [0.2, 0.25) is 0 Å². The van der Waals surface area contributed by atoms with Gasteiger partial charge in [-0.1, -0.05) is 39.3 Å². The molecule has 3 N–H and O–H groups in total. The molecule has 3 aliphatic rings. The number of rotatable bonds is 2. The van der Waals surface area contributed by atoms with Gasteiger partial charge in [0.25, 0.3) is 0 Å². The number of hydrogen-bond donors (Lipinski definition) is 3. The summed E-state index contributed by atoms with van der Waals surface area (Å²) >= 11 is 0. The molecule has 0 bridgehead atoms. The average Bonchev–Trinajstić information content (AvgIpc) is 2.50. The van der Waals surface area contributed by atoms with E-state index in [1.165, 1.54) is 5.57 Å². The smallest absolute Gasteiger partial charge is 0.0827 e. The maximum Gasteiger partial charge on any atom is 0.0827 e. The van der Waals surface area contributed by atoms with Crippen molar-refractivity contribution in [1.29, 1.82) is 0 Å². The van der Waals surface area contributed by atoms with Crippen LogP contribution in [0.4, 0.5) is 0 Å². The zero-order valence-corrected chi connectivity index (χ0v) is 15.2. The predicted molar refractivity (Wildman–Crippen MR) is 91.9 cm³/mol. The van der Waals surface area contributed by atoms with Crippen molar-refractivity contribution in [3.8, 4) is 0 Å². The molecule has 2 saturated carbocycles. The van der Waals surface area contributed by atoms with Crippen LogP contribution in [0.5, 0.6) is 0 Å². The van der Waals surface area contributed by atoms with Crippen LogP contribution < -0.4 is 0 Å². The largest absolute Gasteiger partial charge is 0.394 e. The normalized spacial score (nSPS) is 47.3. The van der Waals surface area contributed by atoms with Crippen molar-refractivity contribution < 1.29 is 15.3 Å². The first-order chi connectivity index (χ1) is 10.6. The highest BCUT2D eigenvalue weighted by Gasteiger charge is 2.57. The highest BCUT2D eigenvalue weighted by atomic mass is 16.3. The Morgan fingerprint density at radius 1 is 1.17 bits per heavy atom. The molecule has 0 saturated heterocycles. The fourth-order valence-electron chi connectivity index (χ4n) is 6.15. The van der Waals surface area contributed by atoms with Gasteiger partial charge in [0.05, 0.1) is 18.8 Å². The molecule has 132 valence electrons. The summed E-state index contributed by atoms with van der Waals surface area (Å²) < 4.78 is 0. The van der Waals surface area contributed by atoms with Gasteiger partial charge in [0.1, 0.15) is 0 Å². The Balaban J connectivity index is 1.90. The van der Waals surface area contributed by atoms with Crippen molar-refractivity contribution in [3.05, 3.63) is 11.6 Å². The monoisotopic (exact) mass is 322 g/mol. The number of hydrogen-bond acceptors (Lipinski definition) is 3. The van der Waals surface area contributed by atoms with Crippen molar-refractivity contribution in [3.63, 3.8) is 0 Å². The Morgan fingerprint density at radius 2 is 1.87 bits per heavy atom. The van der Waals surface area contributed by atoms with E-state index in [4.69, 9.17) is 0 Å². The van der Waals surface area contributed by atoms with E-state index in [2.05, 4.69) is 33.8 Å². The lowest BCUT2D eigenvalue weighted by molar-refractivity contribution is -0.125. The summed E-state index contributed by atoms with van der Waals surface area (Å²) in [5, 5.41) is 30.1. The van der Waals surface area contributed by atoms with E-state index >= 15 is 0 Å². The summed E-state index contributed by atoms with van der Waals surface area (Å²) in [6, 6.07) is 0. The van der Waals surface area contributed by atoms with Gasteiger partial charge in [-0.25, -0.2) is 0 Å². The standard InChI is InChI=1S/C20H34O3/c1-18(2)15-6-5-13-11-19(3,17(23)12-21)9-7-14(13)20(15,4)10-8-16(18)22/h5,14-17,21-23H,6-12H2,1-4H3. The molecule has 0 aromatic carbocycles. The molecule has 3 rings (SSSR count). The second kappa shape index (κ2) is 5.57. The van der Waals surface area contributed by atoms with E-state index < -0.39 is 6.10 Å². The lowest BCUT2D eigenvalue weighted by atomic mass is 9.45. The molecule has 23 heavy (non-hydrogen) atoms. The van der Waals surface area contributed by atoms with Gasteiger partial charge in [0.15, 0.2) is 0 Å². The average molecular weight is 322 g/mol. The summed E-state index contributed by atoms with van der Waals surface area (Å²) in [6.07, 6.45) is 7.60. The van der Waals surface area contributed by atoms with E-state index in [-0.39, 0.29) is 29.0 Å². The minimum atomic E-state index is -0.625. The fraction of sp³-hybridized carbons (Fsp3) is 0.900. The Bertz CT molecular complexity index is 497. The van der Waals surface area contributed by atoms with E-state index in [0.29, 0.717) is 11.8 Å². The molecular formula is C20H34O3. The Hall–Kier alpha value is -0.380. The lowest BCUT2D eigenvalue weighted by Crippen LogP contribution is -2.55. The topological polar surface area (TPSA) is 60.7 Å². The highest BCUT2D eigenvalue weighted by molar-refractivity contribution is 5.24. The summed E-state index contributed by atoms with van der Waals surface area (Å²) in [4.78, 5) is 0. The number of fused-ring (bicyclic) bond motifs is 3. The Morgan fingerprint density at radius 3 is 2.52 bits per heavy atom. The van der Waals surface area contributed by atoms with Crippen molar-refractivity contribution in [2.45, 2.75) is 78.4 Å². The van der Waals surface area contributed by atoms with E-state index in [1.807, 2.05) is 0 Å². The van der Waals surface area contributed by atoms with Crippen LogP contribution in [0.15, 0.2) is 11.6 Å². The summed E-state index contributed by atoms with van der Waals surface area (Å²) in [6.45, 7) is 8.89. The van der Waals surface area contributed by atoms with E-state index in [0.717, 1.165) is 38.5 Å². The van der Waals surface area contributed by atoms with Gasteiger partial charge in [0, 0.05) is 0 Å². The van der Waals surface area contributed by atoms with Crippen LogP contribution in [0.1, 0.15) is 66.2 Å². The van der Waals surface area contributed by atoms with Crippen LogP contribution in [0, 0.1) is 28.1 Å². The number of allylic oxidation sites excluding steroid dienone is 2. The molecule has 0 aromatic rings. The lowest BCUT2D eigenvalue weighted by Gasteiger charge is -2.60. The van der Waals surface area contributed by atoms with Gasteiger partial charge in [-0.3, -0.25) is 0 Å². The first kappa shape index (κ1) is 17.4. The van der Waals surface area contributed by atoms with Gasteiger partial charge < -0.3 is 15.3 Å². The molecule has 0 radical (unpaired) electrons. The quantitative estimate of drug-likeness (QED) is 0.684. The first-order valence-electron chi connectivity index (χ1n) is 9.31. The number of aliphatic hydroxyl groups is 3. The summed E-state index contributed by atoms with van der Waals surface area (Å²) in [5.74, 6) is 1.10. The fourth-order valence-corrected chi connectivity index (χ4v) is 6.15. The number of aliphatic hydroxyl groups excluding tert-OH is 3. The molecule has 2 fully saturated rings. The van der Waals surface area contributed by atoms with Gasteiger partial charge in [-0.15, -0.1) is 0 Å². The van der Waals surface area contributed by atoms with E-state index in [9.17, 15) is 15.3 Å². The SMILES string of the molecule is CC1(C(O)CO)CCC2C(=CCC3C(C)(C)C(O)CCC23C)C1. The Kier molecular flexibility index (Phi) is 4.23. The van der Waals surface area contributed by atoms with Crippen LogP contribution in [-0.2, 0) is 0 Å². The summed E-state index contributed by atoms with van der Waals surface area (Å²) in [7, 11) is 0. The zero-order chi connectivity index (χ0) is 17.0. The van der Waals surface area contributed by atoms with Gasteiger partial charge in [-0.2, -0.15) is 0 Å². The molecule has 6 unspecified atom stereocenters. The molecule has 0 aliphatic heterocycles. The van der Waals surface area contributed by atoms with Gasteiger partial charge >= 0.3 is 0 Å². The molecule has 6 atom stereocenters. The zero-order valence-electron chi connectivity index (χ0n) is 15.2. The second-order valence-corrected chi connectivity index (χ2v) is 9.57. The van der Waals surface area contributed by atoms with Crippen molar-refractivity contribution in [2.75, 3.05) is 6.61 Å². The van der Waals surface area contributed by atoms with Gasteiger partial charge in [-0.05, 0) is 66.6 Å². The molecule has 0 spiro atoms.